The van der Waals surface area contributed by atoms with Gasteiger partial charge >= 0.3 is 0 Å². The Kier molecular flexibility index (Phi) is 0.875. The van der Waals surface area contributed by atoms with Crippen LogP contribution >= 0.6 is 0 Å². The maximum Gasteiger partial charge on any atom is 0.184 e. The molecule has 0 N–H and O–H groups in total. The molecular weight excluding hydrogens is 114 g/mol. The predicted molar refractivity (Wildman–Crippen MR) is 34.0 cm³/mol. The molecule has 0 aromatic rings. The van der Waals surface area contributed by atoms with Crippen LogP contribution in [0.5, 0.6) is 0 Å². The molecule has 2 heteroatoms. The summed E-state index contributed by atoms with van der Waals surface area (Å²) in [6, 6.07) is 0. The summed E-state index contributed by atoms with van der Waals surface area (Å²) in [5.74, 6) is 0.743. The highest BCUT2D eigenvalue weighted by atomic mass is 16.5. The molecule has 1 fully saturated rings. The van der Waals surface area contributed by atoms with Crippen LogP contribution in [0, 0.1) is 7.11 Å². The van der Waals surface area contributed by atoms with Gasteiger partial charge in [-0.3, -0.25) is 0 Å². The summed E-state index contributed by atoms with van der Waals surface area (Å²) in [6.45, 7) is 0. The molecule has 0 atom stereocenters. The Morgan fingerprint density at radius 1 is 1.44 bits per heavy atom. The van der Waals surface area contributed by atoms with Gasteiger partial charge in [0.25, 0.3) is 0 Å². The van der Waals surface area contributed by atoms with E-state index in [9.17, 15) is 0 Å². The van der Waals surface area contributed by atoms with Gasteiger partial charge in [-0.15, -0.1) is 0 Å². The van der Waals surface area contributed by atoms with Gasteiger partial charge in [0.15, 0.2) is 13.0 Å². The van der Waals surface area contributed by atoms with Gasteiger partial charge in [-0.05, 0) is 19.3 Å². The molecule has 0 saturated heterocycles. The van der Waals surface area contributed by atoms with Crippen LogP contribution in [0.25, 0.3) is 0 Å². The molecule has 0 unspecified atom stereocenters. The van der Waals surface area contributed by atoms with Crippen molar-refractivity contribution in [2.24, 2.45) is 4.99 Å². The second kappa shape index (κ2) is 1.49. The topological polar surface area (TPSA) is 21.6 Å². The lowest BCUT2D eigenvalue weighted by Gasteiger charge is -1.94. The summed E-state index contributed by atoms with van der Waals surface area (Å²) >= 11 is 0. The molecule has 1 aliphatic heterocycles. The van der Waals surface area contributed by atoms with Crippen molar-refractivity contribution in [3.05, 3.63) is 7.11 Å². The minimum atomic E-state index is 0.300. The first-order valence-electron chi connectivity index (χ1n) is 3.30. The average molecular weight is 123 g/mol. The number of aliphatic imine (C=N–C) groups is 1. The van der Waals surface area contributed by atoms with Gasteiger partial charge in [-0.25, -0.2) is 4.99 Å². The Hall–Kier alpha value is -0.530. The normalized spacial score (nSPS) is 28.3. The van der Waals surface area contributed by atoms with Crippen molar-refractivity contribution >= 4 is 5.90 Å². The van der Waals surface area contributed by atoms with Crippen molar-refractivity contribution in [1.29, 1.82) is 0 Å². The number of ether oxygens (including phenoxy) is 1. The van der Waals surface area contributed by atoms with Crippen molar-refractivity contribution in [2.75, 3.05) is 0 Å². The molecule has 1 aliphatic carbocycles. The third-order valence-corrected chi connectivity index (χ3v) is 2.13. The molecule has 0 amide bonds. The number of nitrogens with zero attached hydrogens (tertiary/aromatic N) is 1. The Balaban J connectivity index is 2.11. The second-order valence-electron chi connectivity index (χ2n) is 2.85. The monoisotopic (exact) mass is 123 g/mol. The standard InChI is InChI=1S/C7H9NO/c1-9-6-2-3-7(8-6)4-5-7/h1H,2-5H2. The van der Waals surface area contributed by atoms with E-state index >= 15 is 0 Å². The van der Waals surface area contributed by atoms with E-state index in [1.54, 1.807) is 0 Å². The van der Waals surface area contributed by atoms with E-state index in [4.69, 9.17) is 7.11 Å². The van der Waals surface area contributed by atoms with Crippen LogP contribution in [-0.4, -0.2) is 11.4 Å². The van der Waals surface area contributed by atoms with Crippen molar-refractivity contribution in [1.82, 2.24) is 0 Å². The van der Waals surface area contributed by atoms with Crippen molar-refractivity contribution < 1.29 is 4.74 Å². The van der Waals surface area contributed by atoms with Gasteiger partial charge in [0, 0.05) is 6.42 Å². The summed E-state index contributed by atoms with van der Waals surface area (Å²) in [5, 5.41) is 0. The van der Waals surface area contributed by atoms with E-state index in [2.05, 4.69) is 9.73 Å². The van der Waals surface area contributed by atoms with E-state index in [0.29, 0.717) is 5.54 Å². The predicted octanol–water partition coefficient (Wildman–Crippen LogP) is 1.40. The molecule has 2 rings (SSSR count). The Labute approximate surface area is 54.9 Å². The quantitative estimate of drug-likeness (QED) is 0.477. The third kappa shape index (κ3) is 0.732. The summed E-state index contributed by atoms with van der Waals surface area (Å²) in [7, 11) is 4.95. The zero-order valence-electron chi connectivity index (χ0n) is 5.26. The zero-order chi connectivity index (χ0) is 6.32. The average Bonchev–Trinajstić information content (AvgIpc) is 2.44. The Morgan fingerprint density at radius 3 is 2.56 bits per heavy atom. The van der Waals surface area contributed by atoms with Crippen LogP contribution in [-0.2, 0) is 4.74 Å². The minimum Gasteiger partial charge on any atom is -0.470 e. The summed E-state index contributed by atoms with van der Waals surface area (Å²) in [4.78, 5) is 4.32. The first-order valence-corrected chi connectivity index (χ1v) is 3.30. The van der Waals surface area contributed by atoms with Crippen molar-refractivity contribution in [2.45, 2.75) is 31.2 Å². The fraction of sp³-hybridized carbons (Fsp3) is 0.714. The summed E-state index contributed by atoms with van der Waals surface area (Å²) in [5.41, 5.74) is 0.300. The highest BCUT2D eigenvalue weighted by molar-refractivity contribution is 5.79. The lowest BCUT2D eigenvalue weighted by molar-refractivity contribution is 0.453. The third-order valence-electron chi connectivity index (χ3n) is 2.13. The van der Waals surface area contributed by atoms with Crippen molar-refractivity contribution in [3.8, 4) is 0 Å². The fourth-order valence-corrected chi connectivity index (χ4v) is 1.31. The summed E-state index contributed by atoms with van der Waals surface area (Å²) in [6.07, 6.45) is 4.57. The van der Waals surface area contributed by atoms with Gasteiger partial charge in [0.1, 0.15) is 0 Å². The Morgan fingerprint density at radius 2 is 2.22 bits per heavy atom. The molecule has 48 valence electrons. The molecule has 2 nitrogen and oxygen atoms in total. The first-order chi connectivity index (χ1) is 4.35. The highest BCUT2D eigenvalue weighted by Gasteiger charge is 2.46. The van der Waals surface area contributed by atoms with Crippen LogP contribution in [0.1, 0.15) is 25.7 Å². The number of hydrogen-bond acceptors (Lipinski definition) is 2. The van der Waals surface area contributed by atoms with E-state index in [1.807, 2.05) is 0 Å². The molecule has 2 aliphatic rings. The van der Waals surface area contributed by atoms with Gasteiger partial charge in [0.05, 0.1) is 5.54 Å². The molecule has 1 heterocycles. The lowest BCUT2D eigenvalue weighted by atomic mass is 10.2. The highest BCUT2D eigenvalue weighted by Crippen LogP contribution is 2.47. The van der Waals surface area contributed by atoms with Gasteiger partial charge in [0.2, 0.25) is 0 Å². The zero-order valence-corrected chi connectivity index (χ0v) is 5.26. The molecular formula is C7H9NO. The Bertz CT molecular complexity index is 158. The lowest BCUT2D eigenvalue weighted by Crippen LogP contribution is -1.95. The van der Waals surface area contributed by atoms with Crippen molar-refractivity contribution in [3.63, 3.8) is 0 Å². The van der Waals surface area contributed by atoms with Crippen LogP contribution in [0.15, 0.2) is 4.99 Å². The van der Waals surface area contributed by atoms with E-state index in [-0.39, 0.29) is 0 Å². The maximum absolute atomic E-state index is 4.95. The van der Waals surface area contributed by atoms with E-state index in [0.717, 1.165) is 18.7 Å². The van der Waals surface area contributed by atoms with Gasteiger partial charge in [-0.2, -0.15) is 0 Å². The maximum atomic E-state index is 4.95. The van der Waals surface area contributed by atoms with Crippen LogP contribution in [0.4, 0.5) is 0 Å². The van der Waals surface area contributed by atoms with E-state index < -0.39 is 0 Å². The van der Waals surface area contributed by atoms with Gasteiger partial charge in [-0.1, -0.05) is 0 Å². The molecule has 0 aromatic carbocycles. The van der Waals surface area contributed by atoms with Crippen LogP contribution in [0.3, 0.4) is 0 Å². The SMILES string of the molecule is [CH]OC1=NC2(CC1)CC2. The first kappa shape index (κ1) is 5.27. The van der Waals surface area contributed by atoms with Crippen LogP contribution < -0.4 is 0 Å². The molecule has 9 heavy (non-hydrogen) atoms. The molecule has 1 spiro atoms. The summed E-state index contributed by atoms with van der Waals surface area (Å²) < 4.78 is 4.54. The van der Waals surface area contributed by atoms with Crippen LogP contribution in [0.2, 0.25) is 0 Å². The smallest absolute Gasteiger partial charge is 0.184 e. The largest absolute Gasteiger partial charge is 0.470 e. The number of hydrogen-bond donors (Lipinski definition) is 0. The molecule has 0 bridgehead atoms. The fourth-order valence-electron chi connectivity index (χ4n) is 1.31. The molecule has 2 radical (unpaired) electrons. The molecule has 0 aromatic heterocycles. The number of rotatable bonds is 0. The van der Waals surface area contributed by atoms with Gasteiger partial charge < -0.3 is 4.74 Å². The minimum absolute atomic E-state index is 0.300. The second-order valence-corrected chi connectivity index (χ2v) is 2.85. The molecule has 1 saturated carbocycles. The van der Waals surface area contributed by atoms with E-state index in [1.165, 1.54) is 12.8 Å².